The van der Waals surface area contributed by atoms with Gasteiger partial charge >= 0.3 is 5.69 Å². The minimum Gasteiger partial charge on any atom is -0.496 e. The van der Waals surface area contributed by atoms with Crippen LogP contribution in [0.4, 0.5) is 11.5 Å². The first-order valence-corrected chi connectivity index (χ1v) is 5.32. The van der Waals surface area contributed by atoms with Gasteiger partial charge < -0.3 is 15.2 Å². The van der Waals surface area contributed by atoms with Gasteiger partial charge in [0.1, 0.15) is 17.3 Å². The van der Waals surface area contributed by atoms with Crippen LogP contribution in [0.3, 0.4) is 0 Å². The second kappa shape index (κ2) is 5.21. The smallest absolute Gasteiger partial charge is 0.315 e. The average molecular weight is 261 g/mol. The number of nitrogens with two attached hydrogens (primary N) is 1. The van der Waals surface area contributed by atoms with Crippen molar-refractivity contribution in [2.45, 2.75) is 0 Å². The van der Waals surface area contributed by atoms with Crippen LogP contribution in [0, 0.1) is 10.1 Å². The molecule has 0 unspecified atom stereocenters. The number of hydrogen-bond donors (Lipinski definition) is 1. The van der Waals surface area contributed by atoms with E-state index in [1.54, 1.807) is 12.1 Å². The van der Waals surface area contributed by atoms with Gasteiger partial charge in [0.15, 0.2) is 0 Å². The Morgan fingerprint density at radius 2 is 2.05 bits per heavy atom. The lowest BCUT2D eigenvalue weighted by atomic mass is 10.3. The van der Waals surface area contributed by atoms with E-state index in [0.717, 1.165) is 0 Å². The van der Waals surface area contributed by atoms with E-state index in [-0.39, 0.29) is 17.3 Å². The van der Waals surface area contributed by atoms with Gasteiger partial charge in [0.25, 0.3) is 0 Å². The van der Waals surface area contributed by atoms with E-state index < -0.39 is 4.92 Å². The molecular formula is C12H11N3O4. The van der Waals surface area contributed by atoms with E-state index in [1.165, 1.54) is 31.5 Å². The van der Waals surface area contributed by atoms with E-state index in [1.807, 2.05) is 0 Å². The highest BCUT2D eigenvalue weighted by molar-refractivity contribution is 5.53. The standard InChI is InChI=1S/C12H11N3O4/c1-18-8-2-3-11(10(6-8)15(16)17)19-9-4-5-14-12(13)7-9/h2-7H,1H3,(H2,13,14). The number of nitrogens with zero attached hydrogens (tertiary/aromatic N) is 2. The molecule has 0 bridgehead atoms. The Morgan fingerprint density at radius 1 is 1.26 bits per heavy atom. The summed E-state index contributed by atoms with van der Waals surface area (Å²) in [4.78, 5) is 14.3. The molecule has 2 aromatic rings. The summed E-state index contributed by atoms with van der Waals surface area (Å²) < 4.78 is 10.4. The van der Waals surface area contributed by atoms with Crippen LogP contribution in [0.5, 0.6) is 17.2 Å². The van der Waals surface area contributed by atoms with E-state index in [9.17, 15) is 10.1 Å². The zero-order chi connectivity index (χ0) is 13.8. The first kappa shape index (κ1) is 12.6. The van der Waals surface area contributed by atoms with Gasteiger partial charge in [-0.3, -0.25) is 10.1 Å². The second-order valence-corrected chi connectivity index (χ2v) is 3.61. The largest absolute Gasteiger partial charge is 0.496 e. The van der Waals surface area contributed by atoms with Crippen molar-refractivity contribution in [3.8, 4) is 17.2 Å². The third-order valence-corrected chi connectivity index (χ3v) is 2.34. The summed E-state index contributed by atoms with van der Waals surface area (Å²) in [6.45, 7) is 0. The zero-order valence-corrected chi connectivity index (χ0v) is 10.1. The quantitative estimate of drug-likeness (QED) is 0.669. The molecule has 0 aliphatic carbocycles. The van der Waals surface area contributed by atoms with Crippen LogP contribution in [-0.2, 0) is 0 Å². The molecule has 7 heteroatoms. The number of nitrogen functional groups attached to an aromatic ring is 1. The van der Waals surface area contributed by atoms with Crippen LogP contribution >= 0.6 is 0 Å². The van der Waals surface area contributed by atoms with Crippen molar-refractivity contribution in [2.24, 2.45) is 0 Å². The molecule has 7 nitrogen and oxygen atoms in total. The number of hydrogen-bond acceptors (Lipinski definition) is 6. The lowest BCUT2D eigenvalue weighted by molar-refractivity contribution is -0.385. The van der Waals surface area contributed by atoms with E-state index in [2.05, 4.69) is 4.98 Å². The van der Waals surface area contributed by atoms with Crippen molar-refractivity contribution >= 4 is 11.5 Å². The molecule has 1 aromatic carbocycles. The van der Waals surface area contributed by atoms with Crippen molar-refractivity contribution < 1.29 is 14.4 Å². The first-order chi connectivity index (χ1) is 9.10. The fraction of sp³-hybridized carbons (Fsp3) is 0.0833. The number of pyridine rings is 1. The molecule has 19 heavy (non-hydrogen) atoms. The van der Waals surface area contributed by atoms with Gasteiger partial charge in [0.05, 0.1) is 18.1 Å². The summed E-state index contributed by atoms with van der Waals surface area (Å²) in [5, 5.41) is 11.0. The molecule has 0 aliphatic rings. The molecule has 0 atom stereocenters. The fourth-order valence-corrected chi connectivity index (χ4v) is 1.47. The van der Waals surface area contributed by atoms with Crippen molar-refractivity contribution in [2.75, 3.05) is 12.8 Å². The number of nitro benzene ring substituents is 1. The summed E-state index contributed by atoms with van der Waals surface area (Å²) in [6, 6.07) is 7.37. The summed E-state index contributed by atoms with van der Waals surface area (Å²) in [7, 11) is 1.43. The zero-order valence-electron chi connectivity index (χ0n) is 10.1. The summed E-state index contributed by atoms with van der Waals surface area (Å²) >= 11 is 0. The Kier molecular flexibility index (Phi) is 3.46. The Morgan fingerprint density at radius 3 is 2.68 bits per heavy atom. The molecule has 0 radical (unpaired) electrons. The van der Waals surface area contributed by atoms with Crippen LogP contribution < -0.4 is 15.2 Å². The minimum absolute atomic E-state index is 0.108. The van der Waals surface area contributed by atoms with Gasteiger partial charge in [-0.1, -0.05) is 0 Å². The number of methoxy groups -OCH3 is 1. The van der Waals surface area contributed by atoms with Gasteiger partial charge in [-0.25, -0.2) is 4.98 Å². The molecule has 1 aromatic heterocycles. The Balaban J connectivity index is 2.36. The third-order valence-electron chi connectivity index (χ3n) is 2.34. The average Bonchev–Trinajstić information content (AvgIpc) is 2.39. The number of benzene rings is 1. The minimum atomic E-state index is -0.539. The third kappa shape index (κ3) is 2.89. The molecule has 0 fully saturated rings. The van der Waals surface area contributed by atoms with Crippen LogP contribution in [-0.4, -0.2) is 17.0 Å². The predicted molar refractivity (Wildman–Crippen MR) is 68.4 cm³/mol. The highest BCUT2D eigenvalue weighted by atomic mass is 16.6. The van der Waals surface area contributed by atoms with Gasteiger partial charge in [0, 0.05) is 12.3 Å². The number of ether oxygens (including phenoxy) is 2. The Bertz CT molecular complexity index is 616. The number of rotatable bonds is 4. The lowest BCUT2D eigenvalue weighted by Gasteiger charge is -2.07. The van der Waals surface area contributed by atoms with Crippen LogP contribution in [0.15, 0.2) is 36.5 Å². The van der Waals surface area contributed by atoms with E-state index in [4.69, 9.17) is 15.2 Å². The van der Waals surface area contributed by atoms with Crippen molar-refractivity contribution in [3.05, 3.63) is 46.6 Å². The highest BCUT2D eigenvalue weighted by Gasteiger charge is 2.17. The van der Waals surface area contributed by atoms with Gasteiger partial charge in [-0.05, 0) is 18.2 Å². The lowest BCUT2D eigenvalue weighted by Crippen LogP contribution is -1.96. The van der Waals surface area contributed by atoms with Crippen molar-refractivity contribution in [1.82, 2.24) is 4.98 Å². The normalized spacial score (nSPS) is 9.95. The topological polar surface area (TPSA) is 101 Å². The van der Waals surface area contributed by atoms with Crippen LogP contribution in [0.25, 0.3) is 0 Å². The first-order valence-electron chi connectivity index (χ1n) is 5.32. The molecular weight excluding hydrogens is 250 g/mol. The number of nitro groups is 1. The van der Waals surface area contributed by atoms with E-state index in [0.29, 0.717) is 11.5 Å². The Hall–Kier alpha value is -2.83. The van der Waals surface area contributed by atoms with Crippen molar-refractivity contribution in [1.29, 1.82) is 0 Å². The molecule has 2 rings (SSSR count). The van der Waals surface area contributed by atoms with Gasteiger partial charge in [-0.15, -0.1) is 0 Å². The number of aromatic nitrogens is 1. The maximum atomic E-state index is 11.0. The molecule has 0 spiro atoms. The molecule has 0 saturated carbocycles. The summed E-state index contributed by atoms with van der Waals surface area (Å²) in [5.74, 6) is 1.14. The molecule has 1 heterocycles. The SMILES string of the molecule is COc1ccc(Oc2ccnc(N)c2)c([N+](=O)[O-])c1. The highest BCUT2D eigenvalue weighted by Crippen LogP contribution is 2.34. The molecule has 2 N–H and O–H groups in total. The molecule has 0 saturated heterocycles. The number of anilines is 1. The van der Waals surface area contributed by atoms with Crippen LogP contribution in [0.2, 0.25) is 0 Å². The van der Waals surface area contributed by atoms with Crippen LogP contribution in [0.1, 0.15) is 0 Å². The monoisotopic (exact) mass is 261 g/mol. The molecule has 0 amide bonds. The molecule has 0 aliphatic heterocycles. The second-order valence-electron chi connectivity index (χ2n) is 3.61. The Labute approximate surface area is 108 Å². The maximum absolute atomic E-state index is 11.0. The maximum Gasteiger partial charge on any atom is 0.315 e. The predicted octanol–water partition coefficient (Wildman–Crippen LogP) is 2.37. The molecule has 98 valence electrons. The van der Waals surface area contributed by atoms with Crippen molar-refractivity contribution in [3.63, 3.8) is 0 Å². The van der Waals surface area contributed by atoms with Gasteiger partial charge in [0.2, 0.25) is 5.75 Å². The fourth-order valence-electron chi connectivity index (χ4n) is 1.47. The summed E-state index contributed by atoms with van der Waals surface area (Å²) in [6.07, 6.45) is 1.46. The van der Waals surface area contributed by atoms with Gasteiger partial charge in [-0.2, -0.15) is 0 Å². The summed E-state index contributed by atoms with van der Waals surface area (Å²) in [5.41, 5.74) is 5.33. The van der Waals surface area contributed by atoms with E-state index >= 15 is 0 Å².